The fourth-order valence-electron chi connectivity index (χ4n) is 3.52. The second-order valence-electron chi connectivity index (χ2n) is 7.41. The van der Waals surface area contributed by atoms with Crippen LogP contribution in [0, 0.1) is 0 Å². The third kappa shape index (κ3) is 5.40. The quantitative estimate of drug-likeness (QED) is 0.511. The molecule has 0 atom stereocenters. The Bertz CT molecular complexity index is 965. The molecule has 0 aliphatic heterocycles. The molecule has 0 saturated heterocycles. The fourth-order valence-corrected chi connectivity index (χ4v) is 4.98. The Labute approximate surface area is 184 Å². The van der Waals surface area contributed by atoms with Crippen molar-refractivity contribution in [3.8, 4) is 11.3 Å². The Morgan fingerprint density at radius 2 is 2.00 bits per heavy atom. The second kappa shape index (κ2) is 10.1. The van der Waals surface area contributed by atoms with E-state index in [1.807, 2.05) is 35.2 Å². The van der Waals surface area contributed by atoms with Crippen LogP contribution < -0.4 is 10.6 Å². The van der Waals surface area contributed by atoms with Crippen LogP contribution in [0.2, 0.25) is 0 Å². The normalized spacial score (nSPS) is 14.6. The first-order chi connectivity index (χ1) is 14.7. The highest BCUT2D eigenvalue weighted by Crippen LogP contribution is 2.25. The van der Waals surface area contributed by atoms with E-state index in [1.54, 1.807) is 11.3 Å². The Morgan fingerprint density at radius 3 is 2.80 bits per heavy atom. The summed E-state index contributed by atoms with van der Waals surface area (Å²) >= 11 is 2.99. The molecule has 3 aromatic rings. The van der Waals surface area contributed by atoms with E-state index in [0.717, 1.165) is 40.2 Å². The van der Waals surface area contributed by atoms with Gasteiger partial charge in [-0.3, -0.25) is 4.79 Å². The van der Waals surface area contributed by atoms with E-state index in [9.17, 15) is 4.79 Å². The average Bonchev–Trinajstić information content (AvgIpc) is 3.39. The average molecular weight is 443 g/mol. The number of carbonyl (C=O) groups excluding carboxylic acids is 1. The van der Waals surface area contributed by atoms with Crippen LogP contribution in [0.5, 0.6) is 0 Å². The molecule has 7 nitrogen and oxygen atoms in total. The zero-order chi connectivity index (χ0) is 20.8. The van der Waals surface area contributed by atoms with Crippen LogP contribution >= 0.6 is 23.1 Å². The van der Waals surface area contributed by atoms with Gasteiger partial charge in [0.1, 0.15) is 0 Å². The number of thiazole rings is 1. The number of amides is 1. The highest BCUT2D eigenvalue weighted by molar-refractivity contribution is 7.99. The minimum absolute atomic E-state index is 0.0748. The zero-order valence-electron chi connectivity index (χ0n) is 17.0. The van der Waals surface area contributed by atoms with E-state index in [4.69, 9.17) is 0 Å². The molecular formula is C21H26N6OS2. The van der Waals surface area contributed by atoms with E-state index in [2.05, 4.69) is 37.9 Å². The Balaban J connectivity index is 1.27. The van der Waals surface area contributed by atoms with Gasteiger partial charge in [-0.15, -0.1) is 21.5 Å². The summed E-state index contributed by atoms with van der Waals surface area (Å²) < 4.78 is 1.93. The second-order valence-corrected chi connectivity index (χ2v) is 9.21. The molecule has 0 radical (unpaired) electrons. The van der Waals surface area contributed by atoms with E-state index < -0.39 is 0 Å². The highest BCUT2D eigenvalue weighted by Gasteiger charge is 2.17. The van der Waals surface area contributed by atoms with Crippen molar-refractivity contribution >= 4 is 34.1 Å². The first-order valence-corrected chi connectivity index (χ1v) is 12.1. The number of nitrogens with one attached hydrogen (secondary N) is 2. The van der Waals surface area contributed by atoms with Gasteiger partial charge in [0.2, 0.25) is 5.91 Å². The molecule has 1 fully saturated rings. The lowest BCUT2D eigenvalue weighted by Gasteiger charge is -2.22. The van der Waals surface area contributed by atoms with Gasteiger partial charge in [-0.25, -0.2) is 4.98 Å². The molecule has 1 aromatic carbocycles. The lowest BCUT2D eigenvalue weighted by atomic mass is 9.95. The highest BCUT2D eigenvalue weighted by atomic mass is 32.2. The SMILES string of the molecule is Cn1c(CNc2nc(-c3ccccc3)cs2)nnc1SCC(=O)NC1CCCCC1. The molecule has 1 aliphatic carbocycles. The van der Waals surface area contributed by atoms with Crippen molar-refractivity contribution < 1.29 is 4.79 Å². The summed E-state index contributed by atoms with van der Waals surface area (Å²) in [6.07, 6.45) is 5.90. The number of rotatable bonds is 8. The smallest absolute Gasteiger partial charge is 0.230 e. The molecule has 1 saturated carbocycles. The largest absolute Gasteiger partial charge is 0.354 e. The molecule has 30 heavy (non-hydrogen) atoms. The number of hydrogen-bond acceptors (Lipinski definition) is 7. The third-order valence-electron chi connectivity index (χ3n) is 5.20. The maximum Gasteiger partial charge on any atom is 0.230 e. The standard InChI is InChI=1S/C21H26N6OS2/c1-27-18(12-22-20-24-17(13-29-20)15-8-4-2-5-9-15)25-26-21(27)30-14-19(28)23-16-10-6-3-7-11-16/h2,4-5,8-9,13,16H,3,6-7,10-12,14H2,1H3,(H,22,24)(H,23,28). The maximum atomic E-state index is 12.2. The predicted molar refractivity (Wildman–Crippen MR) is 122 cm³/mol. The number of carbonyl (C=O) groups is 1. The molecular weight excluding hydrogens is 416 g/mol. The van der Waals surface area contributed by atoms with Gasteiger partial charge in [0.25, 0.3) is 0 Å². The number of anilines is 1. The monoisotopic (exact) mass is 442 g/mol. The fraction of sp³-hybridized carbons (Fsp3) is 0.429. The van der Waals surface area contributed by atoms with Crippen molar-refractivity contribution in [2.45, 2.75) is 49.8 Å². The van der Waals surface area contributed by atoms with Crippen LogP contribution in [0.15, 0.2) is 40.9 Å². The predicted octanol–water partition coefficient (Wildman–Crippen LogP) is 4.09. The minimum atomic E-state index is 0.0748. The Kier molecular flexibility index (Phi) is 7.01. The summed E-state index contributed by atoms with van der Waals surface area (Å²) in [6.45, 7) is 0.528. The molecule has 2 N–H and O–H groups in total. The van der Waals surface area contributed by atoms with Gasteiger partial charge in [-0.1, -0.05) is 61.4 Å². The number of nitrogens with zero attached hydrogens (tertiary/aromatic N) is 4. The number of hydrogen-bond donors (Lipinski definition) is 2. The minimum Gasteiger partial charge on any atom is -0.354 e. The van der Waals surface area contributed by atoms with Gasteiger partial charge < -0.3 is 15.2 Å². The van der Waals surface area contributed by atoms with Crippen molar-refractivity contribution in [1.82, 2.24) is 25.1 Å². The van der Waals surface area contributed by atoms with E-state index >= 15 is 0 Å². The molecule has 158 valence electrons. The number of aromatic nitrogens is 4. The molecule has 2 heterocycles. The molecule has 0 bridgehead atoms. The van der Waals surface area contributed by atoms with E-state index in [0.29, 0.717) is 18.3 Å². The summed E-state index contributed by atoms with van der Waals surface area (Å²) in [6, 6.07) is 10.5. The molecule has 9 heteroatoms. The number of benzene rings is 1. The van der Waals surface area contributed by atoms with Crippen LogP contribution in [-0.4, -0.2) is 37.5 Å². The van der Waals surface area contributed by atoms with Crippen molar-refractivity contribution in [2.75, 3.05) is 11.1 Å². The molecule has 0 unspecified atom stereocenters. The molecule has 0 spiro atoms. The number of thioether (sulfide) groups is 1. The van der Waals surface area contributed by atoms with Gasteiger partial charge >= 0.3 is 0 Å². The van der Waals surface area contributed by atoms with Crippen LogP contribution in [0.25, 0.3) is 11.3 Å². The molecule has 4 rings (SSSR count). The lowest BCUT2D eigenvalue weighted by molar-refractivity contribution is -0.119. The van der Waals surface area contributed by atoms with E-state index in [1.165, 1.54) is 31.0 Å². The molecule has 1 aliphatic rings. The topological polar surface area (TPSA) is 84.7 Å². The first-order valence-electron chi connectivity index (χ1n) is 10.2. The summed E-state index contributed by atoms with van der Waals surface area (Å²) in [5.41, 5.74) is 2.06. The van der Waals surface area contributed by atoms with Crippen LogP contribution in [0.1, 0.15) is 37.9 Å². The van der Waals surface area contributed by atoms with Gasteiger partial charge in [0.05, 0.1) is 18.0 Å². The summed E-state index contributed by atoms with van der Waals surface area (Å²) in [7, 11) is 1.93. The first kappa shape index (κ1) is 20.9. The summed E-state index contributed by atoms with van der Waals surface area (Å²) in [5.74, 6) is 1.25. The molecule has 2 aromatic heterocycles. The molecule has 1 amide bonds. The summed E-state index contributed by atoms with van der Waals surface area (Å²) in [4.78, 5) is 16.9. The van der Waals surface area contributed by atoms with Crippen molar-refractivity contribution in [3.63, 3.8) is 0 Å². The zero-order valence-corrected chi connectivity index (χ0v) is 18.6. The van der Waals surface area contributed by atoms with Crippen LogP contribution in [0.3, 0.4) is 0 Å². The third-order valence-corrected chi connectivity index (χ3v) is 7.02. The van der Waals surface area contributed by atoms with E-state index in [-0.39, 0.29) is 5.91 Å². The lowest BCUT2D eigenvalue weighted by Crippen LogP contribution is -2.37. The van der Waals surface area contributed by atoms with Gasteiger partial charge in [-0.05, 0) is 12.8 Å². The van der Waals surface area contributed by atoms with Crippen molar-refractivity contribution in [2.24, 2.45) is 7.05 Å². The Hall–Kier alpha value is -2.39. The van der Waals surface area contributed by atoms with Crippen molar-refractivity contribution in [1.29, 1.82) is 0 Å². The van der Waals surface area contributed by atoms with Gasteiger partial charge in [0.15, 0.2) is 16.1 Å². The van der Waals surface area contributed by atoms with Gasteiger partial charge in [-0.2, -0.15) is 0 Å². The Morgan fingerprint density at radius 1 is 1.20 bits per heavy atom. The van der Waals surface area contributed by atoms with Gasteiger partial charge in [0, 0.05) is 24.0 Å². The van der Waals surface area contributed by atoms with Crippen LogP contribution in [0.4, 0.5) is 5.13 Å². The van der Waals surface area contributed by atoms with Crippen molar-refractivity contribution in [3.05, 3.63) is 41.5 Å². The summed E-state index contributed by atoms with van der Waals surface area (Å²) in [5, 5.41) is 18.6. The van der Waals surface area contributed by atoms with Crippen LogP contribution in [-0.2, 0) is 18.4 Å². The maximum absolute atomic E-state index is 12.2.